The van der Waals surface area contributed by atoms with Crippen LogP contribution in [0.5, 0.6) is 5.75 Å². The van der Waals surface area contributed by atoms with E-state index in [4.69, 9.17) is 22.1 Å². The van der Waals surface area contributed by atoms with Gasteiger partial charge in [-0.05, 0) is 31.2 Å². The summed E-state index contributed by atoms with van der Waals surface area (Å²) in [5.41, 5.74) is 6.21. The van der Waals surface area contributed by atoms with Crippen LogP contribution < -0.4 is 15.8 Å². The first-order valence-electron chi connectivity index (χ1n) is 6.88. The van der Waals surface area contributed by atoms with Crippen LogP contribution in [0.2, 0.25) is 5.02 Å². The van der Waals surface area contributed by atoms with Crippen LogP contribution in [0.1, 0.15) is 17.6 Å². The number of hydrogen-bond acceptors (Lipinski definition) is 5. The molecule has 0 bridgehead atoms. The molecule has 24 heavy (non-hydrogen) atoms. The van der Waals surface area contributed by atoms with Crippen molar-refractivity contribution in [2.45, 2.75) is 26.0 Å². The molecule has 134 valence electrons. The number of halogens is 3. The highest BCUT2D eigenvalue weighted by molar-refractivity contribution is 7.09. The van der Waals surface area contributed by atoms with Crippen LogP contribution in [-0.2, 0) is 17.8 Å². The van der Waals surface area contributed by atoms with Gasteiger partial charge in [-0.25, -0.2) is 4.98 Å². The molecule has 2 aromatic rings. The number of aromatic nitrogens is 1. The average Bonchev–Trinajstić information content (AvgIpc) is 2.93. The molecule has 0 saturated heterocycles. The van der Waals surface area contributed by atoms with Crippen LogP contribution in [0, 0.1) is 0 Å². The van der Waals surface area contributed by atoms with E-state index in [1.807, 2.05) is 12.3 Å². The molecule has 0 unspecified atom stereocenters. The van der Waals surface area contributed by atoms with Gasteiger partial charge in [-0.2, -0.15) is 0 Å². The lowest BCUT2D eigenvalue weighted by molar-refractivity contribution is -0.121. The Balaban J connectivity index is 0.00000264. The Bertz CT molecular complexity index is 623. The van der Waals surface area contributed by atoms with Crippen molar-refractivity contribution in [3.8, 4) is 5.75 Å². The van der Waals surface area contributed by atoms with E-state index >= 15 is 0 Å². The highest BCUT2D eigenvalue weighted by atomic mass is 35.5. The first-order valence-corrected chi connectivity index (χ1v) is 8.13. The highest BCUT2D eigenvalue weighted by Gasteiger charge is 2.10. The summed E-state index contributed by atoms with van der Waals surface area (Å²) < 4.78 is 5.62. The van der Waals surface area contributed by atoms with Gasteiger partial charge in [0.1, 0.15) is 17.4 Å². The SMILES string of the molecule is C[C@@H](CN)NC(=O)Cc1csc(COc2ccc(Cl)cc2)n1.Cl.Cl. The van der Waals surface area contributed by atoms with Crippen LogP contribution in [0.4, 0.5) is 0 Å². The van der Waals surface area contributed by atoms with Crippen LogP contribution in [0.15, 0.2) is 29.6 Å². The molecule has 1 atom stereocenters. The molecule has 1 heterocycles. The van der Waals surface area contributed by atoms with Crippen LogP contribution in [0.25, 0.3) is 0 Å². The second-order valence-corrected chi connectivity index (χ2v) is 6.24. The lowest BCUT2D eigenvalue weighted by atomic mass is 10.3. The molecule has 1 aromatic carbocycles. The van der Waals surface area contributed by atoms with Gasteiger partial charge in [0.05, 0.1) is 12.1 Å². The van der Waals surface area contributed by atoms with Crippen molar-refractivity contribution in [2.24, 2.45) is 5.73 Å². The molecule has 1 amide bonds. The van der Waals surface area contributed by atoms with Gasteiger partial charge in [0.2, 0.25) is 5.91 Å². The molecular weight excluding hydrogens is 393 g/mol. The maximum Gasteiger partial charge on any atom is 0.226 e. The van der Waals surface area contributed by atoms with Crippen LogP contribution in [-0.4, -0.2) is 23.5 Å². The van der Waals surface area contributed by atoms with Crippen LogP contribution in [0.3, 0.4) is 0 Å². The summed E-state index contributed by atoms with van der Waals surface area (Å²) in [6, 6.07) is 7.12. The van der Waals surface area contributed by atoms with Crippen molar-refractivity contribution in [3.05, 3.63) is 45.4 Å². The third kappa shape index (κ3) is 7.68. The van der Waals surface area contributed by atoms with E-state index in [0.29, 0.717) is 18.2 Å². The number of nitrogens with two attached hydrogens (primary N) is 1. The Labute approximate surface area is 162 Å². The van der Waals surface area contributed by atoms with Crippen LogP contribution >= 0.6 is 47.8 Å². The van der Waals surface area contributed by atoms with Crippen molar-refractivity contribution in [1.29, 1.82) is 0 Å². The highest BCUT2D eigenvalue weighted by Crippen LogP contribution is 2.18. The predicted molar refractivity (Wildman–Crippen MR) is 103 cm³/mol. The minimum absolute atomic E-state index is 0. The minimum atomic E-state index is -0.0755. The Morgan fingerprint density at radius 1 is 1.38 bits per heavy atom. The van der Waals surface area contributed by atoms with E-state index in [2.05, 4.69) is 10.3 Å². The van der Waals surface area contributed by atoms with Crippen molar-refractivity contribution in [3.63, 3.8) is 0 Å². The lowest BCUT2D eigenvalue weighted by Gasteiger charge is -2.10. The Hall–Kier alpha value is -1.05. The van der Waals surface area contributed by atoms with Crippen molar-refractivity contribution in [1.82, 2.24) is 10.3 Å². The third-order valence-corrected chi connectivity index (χ3v) is 4.00. The van der Waals surface area contributed by atoms with Gasteiger partial charge in [0.25, 0.3) is 0 Å². The number of carbonyl (C=O) groups excluding carboxylic acids is 1. The molecule has 0 aliphatic heterocycles. The fourth-order valence-corrected chi connectivity index (χ4v) is 2.55. The number of ether oxygens (including phenoxy) is 1. The Kier molecular flexibility index (Phi) is 11.0. The number of thiazole rings is 1. The number of carbonyl (C=O) groups is 1. The normalized spacial score (nSPS) is 11.0. The number of benzene rings is 1. The van der Waals surface area contributed by atoms with Gasteiger partial charge in [0, 0.05) is 23.0 Å². The van der Waals surface area contributed by atoms with Crippen molar-refractivity contribution < 1.29 is 9.53 Å². The van der Waals surface area contributed by atoms with Gasteiger partial charge >= 0.3 is 0 Å². The average molecular weight is 413 g/mol. The summed E-state index contributed by atoms with van der Waals surface area (Å²) in [4.78, 5) is 16.1. The fraction of sp³-hybridized carbons (Fsp3) is 0.333. The van der Waals surface area contributed by atoms with Crippen molar-refractivity contribution >= 4 is 53.7 Å². The Morgan fingerprint density at radius 3 is 2.67 bits per heavy atom. The number of nitrogens with zero attached hydrogens (tertiary/aromatic N) is 1. The van der Waals surface area contributed by atoms with Gasteiger partial charge in [-0.15, -0.1) is 36.2 Å². The summed E-state index contributed by atoms with van der Waals surface area (Å²) >= 11 is 7.29. The molecule has 0 aliphatic rings. The summed E-state index contributed by atoms with van der Waals surface area (Å²) in [6.07, 6.45) is 0.252. The summed E-state index contributed by atoms with van der Waals surface area (Å²) in [5, 5.41) is 6.17. The van der Waals surface area contributed by atoms with E-state index in [9.17, 15) is 4.79 Å². The predicted octanol–water partition coefficient (Wildman–Crippen LogP) is 3.23. The van der Waals surface area contributed by atoms with E-state index in [1.165, 1.54) is 11.3 Å². The molecule has 1 aromatic heterocycles. The van der Waals surface area contributed by atoms with Gasteiger partial charge in [-0.3, -0.25) is 4.79 Å². The third-order valence-electron chi connectivity index (χ3n) is 2.88. The van der Waals surface area contributed by atoms with Crippen molar-refractivity contribution in [2.75, 3.05) is 6.54 Å². The number of rotatable bonds is 7. The first-order chi connectivity index (χ1) is 10.6. The van der Waals surface area contributed by atoms with E-state index < -0.39 is 0 Å². The molecule has 0 radical (unpaired) electrons. The maximum absolute atomic E-state index is 11.8. The zero-order valence-electron chi connectivity index (χ0n) is 13.0. The summed E-state index contributed by atoms with van der Waals surface area (Å²) in [6.45, 7) is 2.65. The summed E-state index contributed by atoms with van der Waals surface area (Å²) in [7, 11) is 0. The zero-order valence-corrected chi connectivity index (χ0v) is 16.2. The molecule has 0 saturated carbocycles. The molecule has 2 rings (SSSR count). The quantitative estimate of drug-likeness (QED) is 0.732. The second-order valence-electron chi connectivity index (χ2n) is 4.86. The van der Waals surface area contributed by atoms with Gasteiger partial charge in [0.15, 0.2) is 0 Å². The number of amides is 1. The monoisotopic (exact) mass is 411 g/mol. The largest absolute Gasteiger partial charge is 0.486 e. The molecule has 0 aliphatic carbocycles. The smallest absolute Gasteiger partial charge is 0.226 e. The molecule has 5 nitrogen and oxygen atoms in total. The summed E-state index contributed by atoms with van der Waals surface area (Å²) in [5.74, 6) is 0.657. The lowest BCUT2D eigenvalue weighted by Crippen LogP contribution is -2.38. The molecule has 0 fully saturated rings. The van der Waals surface area contributed by atoms with Gasteiger partial charge < -0.3 is 15.8 Å². The molecule has 3 N–H and O–H groups in total. The topological polar surface area (TPSA) is 77.2 Å². The van der Waals surface area contributed by atoms with E-state index in [-0.39, 0.29) is 43.2 Å². The second kappa shape index (κ2) is 11.5. The Morgan fingerprint density at radius 2 is 2.04 bits per heavy atom. The standard InChI is InChI=1S/C15H18ClN3O2S.2ClH/c1-10(7-17)18-14(20)6-12-9-22-15(19-12)8-21-13-4-2-11(16)3-5-13;;/h2-5,9-10H,6-8,17H2,1H3,(H,18,20);2*1H/t10-;;/m0../s1. The number of hydrogen-bond donors (Lipinski definition) is 2. The zero-order chi connectivity index (χ0) is 15.9. The molecule has 0 spiro atoms. The molecule has 9 heteroatoms. The maximum atomic E-state index is 11.8. The van der Waals surface area contributed by atoms with E-state index in [1.54, 1.807) is 24.3 Å². The number of nitrogens with one attached hydrogen (secondary N) is 1. The fourth-order valence-electron chi connectivity index (χ4n) is 1.72. The van der Waals surface area contributed by atoms with E-state index in [0.717, 1.165) is 16.5 Å². The van der Waals surface area contributed by atoms with Gasteiger partial charge in [-0.1, -0.05) is 11.6 Å². The molecular formula is C15H20Cl3N3O2S. The first kappa shape index (κ1) is 22.9. The minimum Gasteiger partial charge on any atom is -0.486 e.